The van der Waals surface area contributed by atoms with E-state index >= 15 is 0 Å². The number of nitrogens with one attached hydrogen (secondary N) is 1. The van der Waals surface area contributed by atoms with Crippen molar-refractivity contribution in [3.05, 3.63) is 59.7 Å². The molecule has 3 atom stereocenters. The lowest BCUT2D eigenvalue weighted by molar-refractivity contribution is -0.115. The zero-order valence-corrected chi connectivity index (χ0v) is 19.2. The van der Waals surface area contributed by atoms with Gasteiger partial charge in [-0.1, -0.05) is 37.3 Å². The summed E-state index contributed by atoms with van der Waals surface area (Å²) in [5, 5.41) is 12.6. The van der Waals surface area contributed by atoms with E-state index in [1.807, 2.05) is 51.4 Å². The fourth-order valence-corrected chi connectivity index (χ4v) is 3.86. The molecule has 0 bridgehead atoms. The van der Waals surface area contributed by atoms with Gasteiger partial charge >= 0.3 is 0 Å². The number of benzene rings is 2. The minimum Gasteiger partial charge on any atom is -0.488 e. The molecular weight excluding hydrogens is 406 g/mol. The Kier molecular flexibility index (Phi) is 7.88. The summed E-state index contributed by atoms with van der Waals surface area (Å²) in [5.41, 5.74) is 1.84. The molecule has 0 saturated heterocycles. The van der Waals surface area contributed by atoms with Crippen LogP contribution in [-0.4, -0.2) is 72.7 Å². The number of ether oxygens (including phenoxy) is 1. The van der Waals surface area contributed by atoms with E-state index < -0.39 is 0 Å². The minimum atomic E-state index is -0.327. The number of carbonyl (C=O) groups is 2. The van der Waals surface area contributed by atoms with Gasteiger partial charge < -0.3 is 25.0 Å². The molecule has 7 heteroatoms. The van der Waals surface area contributed by atoms with Crippen LogP contribution in [0.4, 0.5) is 5.69 Å². The number of aliphatic hydroxyl groups is 1. The van der Waals surface area contributed by atoms with Crippen molar-refractivity contribution in [2.45, 2.75) is 32.4 Å². The monoisotopic (exact) mass is 439 g/mol. The summed E-state index contributed by atoms with van der Waals surface area (Å²) in [5.74, 6) is 0.198. The molecule has 0 aromatic heterocycles. The Hall–Kier alpha value is -2.90. The van der Waals surface area contributed by atoms with E-state index in [-0.39, 0.29) is 42.9 Å². The van der Waals surface area contributed by atoms with E-state index in [9.17, 15) is 14.7 Å². The molecule has 0 radical (unpaired) electrons. The molecule has 0 fully saturated rings. The number of hydrogen-bond acceptors (Lipinski definition) is 5. The predicted molar refractivity (Wildman–Crippen MR) is 125 cm³/mol. The lowest BCUT2D eigenvalue weighted by Gasteiger charge is -2.37. The zero-order valence-electron chi connectivity index (χ0n) is 19.2. The summed E-state index contributed by atoms with van der Waals surface area (Å²) < 4.78 is 6.28. The Bertz CT molecular complexity index is 932. The number of likely N-dealkylation sites (N-methyl/N-ethyl adjacent to an activating group) is 1. The summed E-state index contributed by atoms with van der Waals surface area (Å²) in [4.78, 5) is 29.7. The van der Waals surface area contributed by atoms with E-state index in [4.69, 9.17) is 4.74 Å². The summed E-state index contributed by atoms with van der Waals surface area (Å²) in [6, 6.07) is 14.3. The van der Waals surface area contributed by atoms with Crippen LogP contribution in [-0.2, 0) is 11.2 Å². The number of nitrogens with zero attached hydrogens (tertiary/aromatic N) is 2. The number of hydrogen-bond donors (Lipinski definition) is 2. The van der Waals surface area contributed by atoms with E-state index in [1.165, 1.54) is 0 Å². The van der Waals surface area contributed by atoms with Crippen LogP contribution >= 0.6 is 0 Å². The molecule has 2 aromatic carbocycles. The third-order valence-corrected chi connectivity index (χ3v) is 5.70. The normalized spacial score (nSPS) is 19.6. The van der Waals surface area contributed by atoms with Gasteiger partial charge in [-0.2, -0.15) is 0 Å². The average molecular weight is 440 g/mol. The molecule has 32 heavy (non-hydrogen) atoms. The predicted octanol–water partition coefficient (Wildman–Crippen LogP) is 2.65. The van der Waals surface area contributed by atoms with Gasteiger partial charge in [0.25, 0.3) is 5.91 Å². The van der Waals surface area contributed by atoms with Crippen molar-refractivity contribution in [3.8, 4) is 5.75 Å². The summed E-state index contributed by atoms with van der Waals surface area (Å²) in [6.45, 7) is 4.94. The topological polar surface area (TPSA) is 82.1 Å². The molecule has 1 aliphatic heterocycles. The van der Waals surface area contributed by atoms with Crippen LogP contribution in [0.3, 0.4) is 0 Å². The van der Waals surface area contributed by atoms with Crippen LogP contribution in [0.15, 0.2) is 48.5 Å². The van der Waals surface area contributed by atoms with Gasteiger partial charge in [0.2, 0.25) is 5.91 Å². The summed E-state index contributed by atoms with van der Waals surface area (Å²) >= 11 is 0. The summed E-state index contributed by atoms with van der Waals surface area (Å²) in [7, 11) is 3.97. The van der Waals surface area contributed by atoms with E-state index in [0.29, 0.717) is 30.1 Å². The highest BCUT2D eigenvalue weighted by Crippen LogP contribution is 2.30. The number of carbonyl (C=O) groups excluding carboxylic acids is 2. The third kappa shape index (κ3) is 5.87. The van der Waals surface area contributed by atoms with Gasteiger partial charge in [0.05, 0.1) is 24.6 Å². The Morgan fingerprint density at radius 1 is 1.25 bits per heavy atom. The molecule has 0 spiro atoms. The number of rotatable bonds is 7. The molecular formula is C25H33N3O4. The number of fused-ring (bicyclic) bond motifs is 1. The molecule has 7 nitrogen and oxygen atoms in total. The fourth-order valence-electron chi connectivity index (χ4n) is 3.86. The maximum Gasteiger partial charge on any atom is 0.258 e. The van der Waals surface area contributed by atoms with Crippen LogP contribution in [0.1, 0.15) is 29.8 Å². The molecule has 0 unspecified atom stereocenters. The lowest BCUT2D eigenvalue weighted by Crippen LogP contribution is -2.49. The second-order valence-electron chi connectivity index (χ2n) is 8.81. The Labute approximate surface area is 190 Å². The maximum absolute atomic E-state index is 13.4. The number of anilines is 1. The second-order valence-corrected chi connectivity index (χ2v) is 8.81. The van der Waals surface area contributed by atoms with Crippen LogP contribution in [0.5, 0.6) is 5.75 Å². The molecule has 0 saturated carbocycles. The van der Waals surface area contributed by atoms with Gasteiger partial charge in [0.1, 0.15) is 11.9 Å². The van der Waals surface area contributed by atoms with Gasteiger partial charge in [-0.25, -0.2) is 0 Å². The number of aliphatic hydroxyl groups excluding tert-OH is 1. The van der Waals surface area contributed by atoms with Crippen LogP contribution in [0, 0.1) is 5.92 Å². The van der Waals surface area contributed by atoms with Crippen molar-refractivity contribution in [1.29, 1.82) is 0 Å². The Morgan fingerprint density at radius 2 is 1.97 bits per heavy atom. The first-order valence-electron chi connectivity index (χ1n) is 11.0. The van der Waals surface area contributed by atoms with Crippen LogP contribution in [0.2, 0.25) is 0 Å². The zero-order chi connectivity index (χ0) is 23.3. The van der Waals surface area contributed by atoms with Crippen molar-refractivity contribution < 1.29 is 19.4 Å². The molecule has 1 aliphatic rings. The lowest BCUT2D eigenvalue weighted by atomic mass is 9.99. The van der Waals surface area contributed by atoms with Gasteiger partial charge in [-0.05, 0) is 44.8 Å². The standard InChI is InChI=1S/C25H33N3O4/c1-17-14-28(18(2)16-29)25(31)21-13-20(10-11-22(21)32-23(17)15-27(3)4)26-24(30)12-19-8-6-5-7-9-19/h5-11,13,17-18,23,29H,12,14-16H2,1-4H3,(H,26,30)/t17-,18+,23-/m0/s1. The summed E-state index contributed by atoms with van der Waals surface area (Å²) in [6.07, 6.45) is 0.127. The van der Waals surface area contributed by atoms with Crippen molar-refractivity contribution in [2.24, 2.45) is 5.92 Å². The van der Waals surface area contributed by atoms with Gasteiger partial charge in [-0.15, -0.1) is 0 Å². The van der Waals surface area contributed by atoms with Gasteiger partial charge in [0, 0.05) is 24.7 Å². The van der Waals surface area contributed by atoms with Crippen LogP contribution in [0.25, 0.3) is 0 Å². The van der Waals surface area contributed by atoms with E-state index in [2.05, 4.69) is 17.1 Å². The smallest absolute Gasteiger partial charge is 0.258 e. The van der Waals surface area contributed by atoms with Crippen molar-refractivity contribution >= 4 is 17.5 Å². The maximum atomic E-state index is 13.4. The Morgan fingerprint density at radius 3 is 2.62 bits per heavy atom. The minimum absolute atomic E-state index is 0.0775. The van der Waals surface area contributed by atoms with E-state index in [1.54, 1.807) is 23.1 Å². The quantitative estimate of drug-likeness (QED) is 0.693. The first kappa shape index (κ1) is 23.8. The van der Waals surface area contributed by atoms with Crippen molar-refractivity contribution in [3.63, 3.8) is 0 Å². The van der Waals surface area contributed by atoms with Crippen LogP contribution < -0.4 is 10.1 Å². The molecule has 2 aromatic rings. The Balaban J connectivity index is 1.89. The highest BCUT2D eigenvalue weighted by atomic mass is 16.5. The molecule has 2 amide bonds. The van der Waals surface area contributed by atoms with Gasteiger partial charge in [-0.3, -0.25) is 9.59 Å². The van der Waals surface area contributed by atoms with Crippen molar-refractivity contribution in [1.82, 2.24) is 9.80 Å². The highest BCUT2D eigenvalue weighted by molar-refractivity contribution is 6.00. The highest BCUT2D eigenvalue weighted by Gasteiger charge is 2.33. The number of amides is 2. The van der Waals surface area contributed by atoms with Crippen molar-refractivity contribution in [2.75, 3.05) is 39.1 Å². The van der Waals surface area contributed by atoms with Gasteiger partial charge in [0.15, 0.2) is 0 Å². The molecule has 2 N–H and O–H groups in total. The second kappa shape index (κ2) is 10.6. The SMILES string of the molecule is C[C@H](CO)N1C[C@H](C)[C@H](CN(C)C)Oc2ccc(NC(=O)Cc3ccccc3)cc2C1=O. The van der Waals surface area contributed by atoms with E-state index in [0.717, 1.165) is 5.56 Å². The molecule has 3 rings (SSSR count). The first-order chi connectivity index (χ1) is 15.3. The molecule has 0 aliphatic carbocycles. The average Bonchev–Trinajstić information content (AvgIpc) is 2.76. The molecule has 1 heterocycles. The first-order valence-corrected chi connectivity index (χ1v) is 11.0. The molecule has 172 valence electrons. The third-order valence-electron chi connectivity index (χ3n) is 5.70. The largest absolute Gasteiger partial charge is 0.488 e. The fraction of sp³-hybridized carbons (Fsp3) is 0.440.